The first-order chi connectivity index (χ1) is 19.1. The number of benzene rings is 3. The fourth-order valence-corrected chi connectivity index (χ4v) is 5.83. The maximum absolute atomic E-state index is 14.6. The average Bonchev–Trinajstić information content (AvgIpc) is 3.55. The van der Waals surface area contributed by atoms with E-state index in [1.807, 2.05) is 0 Å². The van der Waals surface area contributed by atoms with Crippen molar-refractivity contribution in [3.05, 3.63) is 93.0 Å². The molecule has 12 heteroatoms. The van der Waals surface area contributed by atoms with Crippen LogP contribution in [0.2, 0.25) is 10.0 Å². The lowest BCUT2D eigenvalue weighted by atomic mass is 9.94. The zero-order chi connectivity index (χ0) is 28.6. The third-order valence-corrected chi connectivity index (χ3v) is 8.48. The van der Waals surface area contributed by atoms with Crippen molar-refractivity contribution in [1.82, 2.24) is 10.1 Å². The van der Waals surface area contributed by atoms with Crippen molar-refractivity contribution in [3.8, 4) is 17.2 Å². The van der Waals surface area contributed by atoms with Crippen LogP contribution in [0, 0.1) is 5.82 Å². The number of thiol groups is 1. The number of carbonyl (C=O) groups is 1. The number of methoxy groups -OCH3 is 1. The maximum Gasteiger partial charge on any atom is 0.260 e. The van der Waals surface area contributed by atoms with Gasteiger partial charge in [-0.2, -0.15) is 4.98 Å². The van der Waals surface area contributed by atoms with Crippen molar-refractivity contribution in [2.24, 2.45) is 0 Å². The summed E-state index contributed by atoms with van der Waals surface area (Å²) in [6.07, 6.45) is 1.40. The molecule has 1 unspecified atom stereocenters. The molecule has 0 bridgehead atoms. The largest absolute Gasteiger partial charge is 0.497 e. The topological polar surface area (TPSA) is 111 Å². The Bertz CT molecular complexity index is 1640. The lowest BCUT2D eigenvalue weighted by Crippen LogP contribution is -2.16. The molecule has 1 aliphatic carbocycles. The van der Waals surface area contributed by atoms with E-state index in [0.29, 0.717) is 51.3 Å². The Labute approximate surface area is 241 Å². The number of halogens is 3. The molecule has 1 aromatic heterocycles. The molecule has 0 spiro atoms. The van der Waals surface area contributed by atoms with Crippen LogP contribution in [0.25, 0.3) is 11.5 Å². The summed E-state index contributed by atoms with van der Waals surface area (Å²) >= 11 is 13.3. The van der Waals surface area contributed by atoms with Gasteiger partial charge in [-0.3, -0.25) is 4.79 Å². The molecule has 0 aliphatic heterocycles. The van der Waals surface area contributed by atoms with Crippen molar-refractivity contribution in [1.29, 1.82) is 0 Å². The zero-order valence-electron chi connectivity index (χ0n) is 21.4. The van der Waals surface area contributed by atoms with Gasteiger partial charge in [0.05, 0.1) is 29.8 Å². The summed E-state index contributed by atoms with van der Waals surface area (Å²) in [7, 11) is -1.13. The molecular formula is C28H24Cl2FN3O5S. The van der Waals surface area contributed by atoms with Gasteiger partial charge >= 0.3 is 0 Å². The number of rotatable bonds is 9. The Morgan fingerprint density at radius 1 is 1.12 bits per heavy atom. The first-order valence-electron chi connectivity index (χ1n) is 12.3. The van der Waals surface area contributed by atoms with E-state index < -0.39 is 27.2 Å². The molecule has 1 heterocycles. The molecule has 1 saturated carbocycles. The minimum Gasteiger partial charge on any atom is -0.497 e. The highest BCUT2D eigenvalue weighted by Crippen LogP contribution is 2.57. The first kappa shape index (κ1) is 28.1. The van der Waals surface area contributed by atoms with Crippen molar-refractivity contribution >= 4 is 45.5 Å². The van der Waals surface area contributed by atoms with Crippen LogP contribution in [-0.4, -0.2) is 31.6 Å². The molecule has 1 atom stereocenters. The average molecular weight is 604 g/mol. The highest BCUT2D eigenvalue weighted by atomic mass is 35.5. The van der Waals surface area contributed by atoms with Gasteiger partial charge in [-0.1, -0.05) is 52.6 Å². The van der Waals surface area contributed by atoms with Crippen LogP contribution in [0.4, 0.5) is 10.1 Å². The molecule has 1 fully saturated rings. The van der Waals surface area contributed by atoms with Crippen LogP contribution in [0.5, 0.6) is 5.75 Å². The minimum atomic E-state index is -2.58. The fourth-order valence-electron chi connectivity index (χ4n) is 4.56. The van der Waals surface area contributed by atoms with Gasteiger partial charge in [0.15, 0.2) is 5.82 Å². The van der Waals surface area contributed by atoms with Gasteiger partial charge in [0.2, 0.25) is 5.91 Å². The van der Waals surface area contributed by atoms with E-state index in [-0.39, 0.29) is 23.8 Å². The van der Waals surface area contributed by atoms with Crippen LogP contribution in [-0.2, 0) is 27.3 Å². The van der Waals surface area contributed by atoms with Gasteiger partial charge in [0.1, 0.15) is 22.3 Å². The number of aromatic nitrogens is 2. The number of hydrogen-bond acceptors (Lipinski definition) is 7. The molecule has 208 valence electrons. The number of carbonyl (C=O) groups excluding carboxylic acids is 1. The summed E-state index contributed by atoms with van der Waals surface area (Å²) in [5.74, 6) is -0.103. The smallest absolute Gasteiger partial charge is 0.260 e. The number of nitrogens with zero attached hydrogens (tertiary/aromatic N) is 2. The highest BCUT2D eigenvalue weighted by Gasteiger charge is 2.52. The second kappa shape index (κ2) is 11.2. The van der Waals surface area contributed by atoms with Gasteiger partial charge in [0.25, 0.3) is 5.89 Å². The van der Waals surface area contributed by atoms with Gasteiger partial charge in [-0.25, -0.2) is 12.8 Å². The van der Waals surface area contributed by atoms with E-state index in [2.05, 4.69) is 15.5 Å². The molecule has 0 saturated heterocycles. The predicted molar refractivity (Wildman–Crippen MR) is 150 cm³/mol. The van der Waals surface area contributed by atoms with Crippen LogP contribution in [0.3, 0.4) is 0 Å². The lowest BCUT2D eigenvalue weighted by molar-refractivity contribution is -0.115. The van der Waals surface area contributed by atoms with Crippen LogP contribution in [0.1, 0.15) is 47.5 Å². The molecule has 0 radical (unpaired) electrons. The third kappa shape index (κ3) is 5.56. The summed E-state index contributed by atoms with van der Waals surface area (Å²) in [4.78, 5) is 17.1. The molecular weight excluding hydrogens is 580 g/mol. The van der Waals surface area contributed by atoms with E-state index in [4.69, 9.17) is 32.5 Å². The van der Waals surface area contributed by atoms with Gasteiger partial charge in [0, 0.05) is 27.4 Å². The highest BCUT2D eigenvalue weighted by molar-refractivity contribution is 7.72. The van der Waals surface area contributed by atoms with E-state index in [9.17, 15) is 17.6 Å². The summed E-state index contributed by atoms with van der Waals surface area (Å²) in [6.45, 7) is 1.61. The van der Waals surface area contributed by atoms with E-state index >= 15 is 0 Å². The fraction of sp³-hybridized carbons (Fsp3) is 0.250. The SMILES string of the molecule is COc1ccc(-c2nc(C3(c4c(Cl)cc(NC(=O)Cc5ccc(C(C)[SH](=O)=O)cc5)cc4Cl)CC3)no2)c(F)c1. The molecule has 5 rings (SSSR count). The van der Waals surface area contributed by atoms with Crippen LogP contribution in [0.15, 0.2) is 59.1 Å². The Morgan fingerprint density at radius 2 is 1.80 bits per heavy atom. The van der Waals surface area contributed by atoms with Gasteiger partial charge in [-0.05, 0) is 55.2 Å². The van der Waals surface area contributed by atoms with Crippen molar-refractivity contribution < 1.29 is 26.9 Å². The molecule has 1 amide bonds. The van der Waals surface area contributed by atoms with E-state index in [1.165, 1.54) is 19.2 Å². The van der Waals surface area contributed by atoms with Crippen molar-refractivity contribution in [3.63, 3.8) is 0 Å². The van der Waals surface area contributed by atoms with Crippen molar-refractivity contribution in [2.45, 2.75) is 36.9 Å². The molecule has 8 nitrogen and oxygen atoms in total. The molecule has 3 aromatic carbocycles. The number of ether oxygens (including phenoxy) is 1. The zero-order valence-corrected chi connectivity index (χ0v) is 23.8. The Kier molecular flexibility index (Phi) is 7.85. The lowest BCUT2D eigenvalue weighted by Gasteiger charge is -2.17. The monoisotopic (exact) mass is 603 g/mol. The third-order valence-electron chi connectivity index (χ3n) is 6.96. The Balaban J connectivity index is 1.32. The molecule has 4 aromatic rings. The standard InChI is InChI=1S/C28H24Cl2FN3O5S/c1-15(40(36)37)17-5-3-16(4-6-17)11-24(35)32-18-12-21(29)25(22(30)13-18)28(9-10-28)27-33-26(39-34-27)20-8-7-19(38-2)14-23(20)31/h3-8,12-15,40H,9-11H2,1-2H3,(H,32,35). The number of amides is 1. The van der Waals surface area contributed by atoms with Crippen LogP contribution >= 0.6 is 23.2 Å². The molecule has 1 N–H and O–H groups in total. The number of anilines is 1. The summed E-state index contributed by atoms with van der Waals surface area (Å²) in [5.41, 5.74) is 1.87. The van der Waals surface area contributed by atoms with E-state index in [0.717, 1.165) is 5.56 Å². The summed E-state index contributed by atoms with van der Waals surface area (Å²) < 4.78 is 47.4. The van der Waals surface area contributed by atoms with Gasteiger partial charge in [-0.15, -0.1) is 0 Å². The second-order valence-corrected chi connectivity index (χ2v) is 11.8. The summed E-state index contributed by atoms with van der Waals surface area (Å²) in [6, 6.07) is 14.4. The number of nitrogens with one attached hydrogen (secondary N) is 1. The molecule has 1 aliphatic rings. The Morgan fingerprint density at radius 3 is 2.38 bits per heavy atom. The first-order valence-corrected chi connectivity index (χ1v) is 14.3. The summed E-state index contributed by atoms with van der Waals surface area (Å²) in [5, 5.41) is 6.96. The minimum absolute atomic E-state index is 0.0295. The predicted octanol–water partition coefficient (Wildman–Crippen LogP) is 6.12. The van der Waals surface area contributed by atoms with E-state index in [1.54, 1.807) is 49.4 Å². The maximum atomic E-state index is 14.6. The normalized spacial score (nSPS) is 14.7. The van der Waals surface area contributed by atoms with Crippen LogP contribution < -0.4 is 10.1 Å². The van der Waals surface area contributed by atoms with Crippen molar-refractivity contribution in [2.75, 3.05) is 12.4 Å². The molecule has 40 heavy (non-hydrogen) atoms. The Hall–Kier alpha value is -3.47. The number of hydrogen-bond donors (Lipinski definition) is 2. The quantitative estimate of drug-likeness (QED) is 0.221. The second-order valence-electron chi connectivity index (χ2n) is 9.59. The van der Waals surface area contributed by atoms with Gasteiger partial charge < -0.3 is 14.6 Å².